The highest BCUT2D eigenvalue weighted by Crippen LogP contribution is 2.24. The highest BCUT2D eigenvalue weighted by atomic mass is 35.5. The molecule has 0 unspecified atom stereocenters. The Morgan fingerprint density at radius 2 is 1.79 bits per heavy atom. The van der Waals surface area contributed by atoms with Gasteiger partial charge in [0.25, 0.3) is 0 Å². The zero-order valence-corrected chi connectivity index (χ0v) is 17.0. The number of para-hydroxylation sites is 1. The molecule has 5 heteroatoms. The average molecular weight is 406 g/mol. The van der Waals surface area contributed by atoms with Crippen LogP contribution >= 0.6 is 11.6 Å². The van der Waals surface area contributed by atoms with Gasteiger partial charge >= 0.3 is 0 Å². The first kappa shape index (κ1) is 19.5. The summed E-state index contributed by atoms with van der Waals surface area (Å²) in [6.07, 6.45) is 7.23. The summed E-state index contributed by atoms with van der Waals surface area (Å²) in [4.78, 5) is 7.72. The number of benzene rings is 2. The minimum absolute atomic E-state index is 0.626. The number of unbranched alkanes of at least 4 members (excludes halogenated alkanes) is 1. The van der Waals surface area contributed by atoms with Crippen molar-refractivity contribution in [2.24, 2.45) is 0 Å². The Morgan fingerprint density at radius 1 is 0.931 bits per heavy atom. The normalized spacial score (nSPS) is 11.1. The van der Waals surface area contributed by atoms with E-state index in [1.165, 1.54) is 16.5 Å². The third-order valence-electron chi connectivity index (χ3n) is 4.92. The number of H-pyrrole nitrogens is 1. The summed E-state index contributed by atoms with van der Waals surface area (Å²) < 4.78 is 5.92. The van der Waals surface area contributed by atoms with Gasteiger partial charge in [-0.05, 0) is 67.8 Å². The van der Waals surface area contributed by atoms with E-state index in [1.54, 1.807) is 6.20 Å². The van der Waals surface area contributed by atoms with Crippen molar-refractivity contribution in [3.05, 3.63) is 89.2 Å². The van der Waals surface area contributed by atoms with Gasteiger partial charge in [0.15, 0.2) is 0 Å². The van der Waals surface area contributed by atoms with E-state index in [0.717, 1.165) is 43.7 Å². The zero-order valence-electron chi connectivity index (χ0n) is 16.2. The van der Waals surface area contributed by atoms with Gasteiger partial charge in [-0.2, -0.15) is 0 Å². The molecule has 0 atom stereocenters. The predicted octanol–water partition coefficient (Wildman–Crippen LogP) is 6.12. The molecule has 4 rings (SSSR count). The fourth-order valence-corrected chi connectivity index (χ4v) is 3.52. The van der Waals surface area contributed by atoms with E-state index in [9.17, 15) is 0 Å². The van der Waals surface area contributed by atoms with Crippen LogP contribution in [0.2, 0.25) is 5.02 Å². The second-order valence-corrected chi connectivity index (χ2v) is 7.45. The molecule has 2 aromatic heterocycles. The Morgan fingerprint density at radius 3 is 2.69 bits per heavy atom. The molecule has 0 amide bonds. The molecule has 0 saturated carbocycles. The SMILES string of the molecule is Clc1ccc(Oc2ncccc2CNCCCCc2c[nH]c3ccccc23)cc1. The standard InChI is InChI=1S/C24H24ClN3O/c25-20-10-12-21(13-11-20)29-24-19(7-5-15-27-24)16-26-14-4-3-6-18-17-28-23-9-2-1-8-22(18)23/h1-2,5,7-13,15,17,26,28H,3-4,6,14,16H2. The number of hydrogen-bond acceptors (Lipinski definition) is 3. The molecular weight excluding hydrogens is 382 g/mol. The Balaban J connectivity index is 1.24. The van der Waals surface area contributed by atoms with Gasteiger partial charge in [0, 0.05) is 40.4 Å². The van der Waals surface area contributed by atoms with Crippen LogP contribution in [0.25, 0.3) is 10.9 Å². The molecule has 0 spiro atoms. The first-order chi connectivity index (χ1) is 14.3. The molecule has 29 heavy (non-hydrogen) atoms. The highest BCUT2D eigenvalue weighted by Gasteiger charge is 2.06. The van der Waals surface area contributed by atoms with Crippen molar-refractivity contribution >= 4 is 22.5 Å². The summed E-state index contributed by atoms with van der Waals surface area (Å²) in [7, 11) is 0. The summed E-state index contributed by atoms with van der Waals surface area (Å²) in [5.74, 6) is 1.36. The minimum atomic E-state index is 0.626. The lowest BCUT2D eigenvalue weighted by atomic mass is 10.1. The average Bonchev–Trinajstić information content (AvgIpc) is 3.16. The predicted molar refractivity (Wildman–Crippen MR) is 119 cm³/mol. The summed E-state index contributed by atoms with van der Waals surface area (Å²) in [6, 6.07) is 19.8. The molecule has 0 radical (unpaired) electrons. The lowest BCUT2D eigenvalue weighted by molar-refractivity contribution is 0.452. The molecule has 2 aromatic carbocycles. The van der Waals surface area contributed by atoms with Crippen molar-refractivity contribution in [2.45, 2.75) is 25.8 Å². The number of nitrogens with one attached hydrogen (secondary N) is 2. The van der Waals surface area contributed by atoms with Crippen LogP contribution in [0.4, 0.5) is 0 Å². The molecule has 2 N–H and O–H groups in total. The first-order valence-corrected chi connectivity index (χ1v) is 10.3. The van der Waals surface area contributed by atoms with Crippen molar-refractivity contribution in [1.29, 1.82) is 0 Å². The Bertz CT molecular complexity index is 1060. The molecule has 4 aromatic rings. The Labute approximate surface area is 175 Å². The van der Waals surface area contributed by atoms with E-state index in [-0.39, 0.29) is 0 Å². The summed E-state index contributed by atoms with van der Waals surface area (Å²) in [5, 5.41) is 5.53. The van der Waals surface area contributed by atoms with Crippen LogP contribution in [0.1, 0.15) is 24.0 Å². The van der Waals surface area contributed by atoms with E-state index in [2.05, 4.69) is 45.7 Å². The number of hydrogen-bond donors (Lipinski definition) is 2. The van der Waals surface area contributed by atoms with Crippen LogP contribution in [0.15, 0.2) is 73.1 Å². The molecule has 0 saturated heterocycles. The maximum Gasteiger partial charge on any atom is 0.223 e. The largest absolute Gasteiger partial charge is 0.439 e. The lowest BCUT2D eigenvalue weighted by Gasteiger charge is -2.11. The number of pyridine rings is 1. The number of fused-ring (bicyclic) bond motifs is 1. The number of nitrogens with zero attached hydrogens (tertiary/aromatic N) is 1. The Hall–Kier alpha value is -2.82. The van der Waals surface area contributed by atoms with Gasteiger partial charge in [-0.3, -0.25) is 0 Å². The van der Waals surface area contributed by atoms with Gasteiger partial charge in [-0.25, -0.2) is 4.98 Å². The molecular formula is C24H24ClN3O. The fourth-order valence-electron chi connectivity index (χ4n) is 3.39. The molecule has 0 bridgehead atoms. The second kappa shape index (κ2) is 9.59. The number of aromatic nitrogens is 2. The van der Waals surface area contributed by atoms with Gasteiger partial charge in [0.1, 0.15) is 5.75 Å². The summed E-state index contributed by atoms with van der Waals surface area (Å²) in [6.45, 7) is 1.68. The van der Waals surface area contributed by atoms with Crippen LogP contribution in [-0.2, 0) is 13.0 Å². The van der Waals surface area contributed by atoms with Crippen LogP contribution in [0.5, 0.6) is 11.6 Å². The lowest BCUT2D eigenvalue weighted by Crippen LogP contribution is -2.15. The fraction of sp³-hybridized carbons (Fsp3) is 0.208. The van der Waals surface area contributed by atoms with Gasteiger partial charge in [-0.15, -0.1) is 0 Å². The molecule has 2 heterocycles. The maximum atomic E-state index is 5.93. The third kappa shape index (κ3) is 5.17. The molecule has 4 nitrogen and oxygen atoms in total. The van der Waals surface area contributed by atoms with E-state index >= 15 is 0 Å². The van der Waals surface area contributed by atoms with Crippen LogP contribution in [0.3, 0.4) is 0 Å². The van der Waals surface area contributed by atoms with E-state index in [4.69, 9.17) is 16.3 Å². The van der Waals surface area contributed by atoms with E-state index < -0.39 is 0 Å². The van der Waals surface area contributed by atoms with Gasteiger partial charge < -0.3 is 15.0 Å². The summed E-state index contributed by atoms with van der Waals surface area (Å²) in [5.41, 5.74) is 3.65. The first-order valence-electron chi connectivity index (χ1n) is 9.92. The molecule has 0 fully saturated rings. The van der Waals surface area contributed by atoms with Gasteiger partial charge in [0.05, 0.1) is 0 Å². The highest BCUT2D eigenvalue weighted by molar-refractivity contribution is 6.30. The van der Waals surface area contributed by atoms with Gasteiger partial charge in [-0.1, -0.05) is 35.9 Å². The minimum Gasteiger partial charge on any atom is -0.439 e. The van der Waals surface area contributed by atoms with Crippen LogP contribution in [0, 0.1) is 0 Å². The number of rotatable bonds is 9. The molecule has 0 aliphatic rings. The van der Waals surface area contributed by atoms with Crippen molar-refractivity contribution in [1.82, 2.24) is 15.3 Å². The van der Waals surface area contributed by atoms with E-state index in [0.29, 0.717) is 10.9 Å². The van der Waals surface area contributed by atoms with E-state index in [1.807, 2.05) is 36.4 Å². The maximum absolute atomic E-state index is 5.93. The number of aryl methyl sites for hydroxylation is 1. The van der Waals surface area contributed by atoms with Crippen molar-refractivity contribution in [2.75, 3.05) is 6.54 Å². The van der Waals surface area contributed by atoms with Crippen LogP contribution in [-0.4, -0.2) is 16.5 Å². The smallest absolute Gasteiger partial charge is 0.223 e. The molecule has 0 aliphatic carbocycles. The van der Waals surface area contributed by atoms with Crippen LogP contribution < -0.4 is 10.1 Å². The van der Waals surface area contributed by atoms with Crippen molar-refractivity contribution in [3.8, 4) is 11.6 Å². The topological polar surface area (TPSA) is 49.9 Å². The summed E-state index contributed by atoms with van der Waals surface area (Å²) >= 11 is 5.93. The zero-order chi connectivity index (χ0) is 19.9. The van der Waals surface area contributed by atoms with Crippen molar-refractivity contribution in [3.63, 3.8) is 0 Å². The Kier molecular flexibility index (Phi) is 6.45. The number of halogens is 1. The number of ether oxygens (including phenoxy) is 1. The molecule has 0 aliphatic heterocycles. The monoisotopic (exact) mass is 405 g/mol. The quantitative estimate of drug-likeness (QED) is 0.330. The third-order valence-corrected chi connectivity index (χ3v) is 5.17. The molecule has 148 valence electrons. The second-order valence-electron chi connectivity index (χ2n) is 7.02. The van der Waals surface area contributed by atoms with Gasteiger partial charge in [0.2, 0.25) is 5.88 Å². The van der Waals surface area contributed by atoms with Crippen molar-refractivity contribution < 1.29 is 4.74 Å². The number of aromatic amines is 1.